The molecule has 1 saturated carbocycles. The van der Waals surface area contributed by atoms with Crippen LogP contribution in [0.4, 0.5) is 0 Å². The molecule has 122 valence electrons. The van der Waals surface area contributed by atoms with Gasteiger partial charge in [-0.3, -0.25) is 9.20 Å². The lowest BCUT2D eigenvalue weighted by Crippen LogP contribution is -2.37. The average Bonchev–Trinajstić information content (AvgIpc) is 3.40. The molecule has 0 radical (unpaired) electrons. The molecular formula is C18H18N4O2. The fraction of sp³-hybridized carbons (Fsp3) is 0.278. The van der Waals surface area contributed by atoms with Gasteiger partial charge in [0.25, 0.3) is 0 Å². The van der Waals surface area contributed by atoms with Crippen LogP contribution in [-0.4, -0.2) is 31.0 Å². The molecule has 1 aliphatic rings. The molecule has 1 aliphatic carbocycles. The minimum Gasteiger partial charge on any atom is -0.334 e. The van der Waals surface area contributed by atoms with Crippen LogP contribution in [0.15, 0.2) is 59.5 Å². The second-order valence-corrected chi connectivity index (χ2v) is 6.11. The van der Waals surface area contributed by atoms with Gasteiger partial charge in [-0.1, -0.05) is 36.4 Å². The molecule has 0 saturated heterocycles. The van der Waals surface area contributed by atoms with E-state index in [0.717, 1.165) is 18.4 Å². The number of aromatic nitrogens is 3. The quantitative estimate of drug-likeness (QED) is 0.718. The molecule has 0 spiro atoms. The summed E-state index contributed by atoms with van der Waals surface area (Å²) in [5.41, 5.74) is 1.37. The molecule has 0 N–H and O–H groups in total. The van der Waals surface area contributed by atoms with E-state index in [4.69, 9.17) is 0 Å². The predicted octanol–water partition coefficient (Wildman–Crippen LogP) is 1.69. The zero-order chi connectivity index (χ0) is 16.5. The lowest BCUT2D eigenvalue weighted by molar-refractivity contribution is -0.133. The van der Waals surface area contributed by atoms with Crippen molar-refractivity contribution in [1.29, 1.82) is 0 Å². The molecule has 24 heavy (non-hydrogen) atoms. The molecule has 6 nitrogen and oxygen atoms in total. The molecule has 1 amide bonds. The summed E-state index contributed by atoms with van der Waals surface area (Å²) in [5, 5.41) is 4.24. The van der Waals surface area contributed by atoms with Gasteiger partial charge in [-0.05, 0) is 30.5 Å². The van der Waals surface area contributed by atoms with Crippen molar-refractivity contribution >= 4 is 11.6 Å². The van der Waals surface area contributed by atoms with Crippen molar-refractivity contribution in [2.75, 3.05) is 0 Å². The van der Waals surface area contributed by atoms with Gasteiger partial charge in [-0.25, -0.2) is 9.48 Å². The Bertz CT molecular complexity index is 925. The Morgan fingerprint density at radius 1 is 1.12 bits per heavy atom. The lowest BCUT2D eigenvalue weighted by Gasteiger charge is -2.22. The van der Waals surface area contributed by atoms with Crippen LogP contribution >= 0.6 is 0 Å². The molecule has 2 aromatic heterocycles. The number of benzene rings is 1. The van der Waals surface area contributed by atoms with E-state index in [9.17, 15) is 9.59 Å². The number of nitrogens with zero attached hydrogens (tertiary/aromatic N) is 4. The fourth-order valence-corrected chi connectivity index (χ4v) is 2.88. The molecule has 0 bridgehead atoms. The van der Waals surface area contributed by atoms with Crippen molar-refractivity contribution in [2.24, 2.45) is 0 Å². The highest BCUT2D eigenvalue weighted by molar-refractivity contribution is 5.76. The van der Waals surface area contributed by atoms with Crippen LogP contribution in [0.5, 0.6) is 0 Å². The first-order valence-electron chi connectivity index (χ1n) is 8.10. The van der Waals surface area contributed by atoms with Gasteiger partial charge < -0.3 is 4.90 Å². The summed E-state index contributed by atoms with van der Waals surface area (Å²) >= 11 is 0. The highest BCUT2D eigenvalue weighted by Gasteiger charge is 2.32. The Kier molecular flexibility index (Phi) is 3.65. The Balaban J connectivity index is 1.56. The number of fused-ring (bicyclic) bond motifs is 1. The maximum atomic E-state index is 12.7. The normalized spacial score (nSPS) is 14.0. The first-order chi connectivity index (χ1) is 11.7. The minimum atomic E-state index is -0.283. The molecule has 0 aliphatic heterocycles. The maximum Gasteiger partial charge on any atom is 0.350 e. The van der Waals surface area contributed by atoms with E-state index >= 15 is 0 Å². The van der Waals surface area contributed by atoms with E-state index in [2.05, 4.69) is 5.10 Å². The summed E-state index contributed by atoms with van der Waals surface area (Å²) in [6.07, 6.45) is 3.71. The molecule has 0 unspecified atom stereocenters. The van der Waals surface area contributed by atoms with Gasteiger partial charge in [0.05, 0.1) is 0 Å². The van der Waals surface area contributed by atoms with Crippen LogP contribution in [0.1, 0.15) is 18.4 Å². The molecule has 1 fully saturated rings. The fourth-order valence-electron chi connectivity index (χ4n) is 2.88. The third-order valence-electron chi connectivity index (χ3n) is 4.28. The Morgan fingerprint density at radius 2 is 1.88 bits per heavy atom. The number of amides is 1. The van der Waals surface area contributed by atoms with E-state index in [1.165, 1.54) is 9.08 Å². The lowest BCUT2D eigenvalue weighted by atomic mass is 10.2. The van der Waals surface area contributed by atoms with Crippen LogP contribution < -0.4 is 5.69 Å². The monoisotopic (exact) mass is 322 g/mol. The van der Waals surface area contributed by atoms with Crippen molar-refractivity contribution < 1.29 is 4.79 Å². The molecule has 1 aromatic carbocycles. The summed E-state index contributed by atoms with van der Waals surface area (Å²) in [5.74, 6) is -0.0631. The van der Waals surface area contributed by atoms with Crippen molar-refractivity contribution in [3.8, 4) is 0 Å². The standard InChI is InChI=1S/C18H18N4O2/c23-17(13-22-18(24)20-11-5-4-8-16(20)19-22)21(15-9-10-15)12-14-6-2-1-3-7-14/h1-8,11,15H,9-10,12-13H2. The van der Waals surface area contributed by atoms with Crippen LogP contribution in [-0.2, 0) is 17.9 Å². The highest BCUT2D eigenvalue weighted by Crippen LogP contribution is 2.28. The molecule has 6 heteroatoms. The number of hydrogen-bond acceptors (Lipinski definition) is 3. The van der Waals surface area contributed by atoms with Crippen molar-refractivity contribution in [2.45, 2.75) is 32.0 Å². The van der Waals surface area contributed by atoms with Crippen LogP contribution in [0, 0.1) is 0 Å². The summed E-state index contributed by atoms with van der Waals surface area (Å²) in [7, 11) is 0. The smallest absolute Gasteiger partial charge is 0.334 e. The largest absolute Gasteiger partial charge is 0.350 e. The van der Waals surface area contributed by atoms with E-state index < -0.39 is 0 Å². The van der Waals surface area contributed by atoms with Crippen LogP contribution in [0.25, 0.3) is 5.65 Å². The number of carbonyl (C=O) groups is 1. The number of rotatable bonds is 5. The Labute approximate surface area is 138 Å². The zero-order valence-corrected chi connectivity index (χ0v) is 13.2. The third kappa shape index (κ3) is 2.82. The number of pyridine rings is 1. The second-order valence-electron chi connectivity index (χ2n) is 6.11. The second kappa shape index (κ2) is 5.96. The molecule has 0 atom stereocenters. The molecule has 3 aromatic rings. The first kappa shape index (κ1) is 14.7. The first-order valence-corrected chi connectivity index (χ1v) is 8.10. The van der Waals surface area contributed by atoms with Crippen LogP contribution in [0.3, 0.4) is 0 Å². The van der Waals surface area contributed by atoms with Gasteiger partial charge in [0.2, 0.25) is 5.91 Å². The average molecular weight is 322 g/mol. The van der Waals surface area contributed by atoms with Crippen molar-refractivity contribution in [1.82, 2.24) is 19.1 Å². The van der Waals surface area contributed by atoms with Crippen molar-refractivity contribution in [3.05, 3.63) is 70.8 Å². The topological polar surface area (TPSA) is 59.6 Å². The van der Waals surface area contributed by atoms with E-state index in [1.54, 1.807) is 18.3 Å². The van der Waals surface area contributed by atoms with E-state index in [1.807, 2.05) is 41.3 Å². The number of carbonyl (C=O) groups excluding carboxylic acids is 1. The molecule has 4 rings (SSSR count). The van der Waals surface area contributed by atoms with Gasteiger partial charge in [-0.2, -0.15) is 0 Å². The number of hydrogen-bond donors (Lipinski definition) is 0. The van der Waals surface area contributed by atoms with Gasteiger partial charge in [-0.15, -0.1) is 5.10 Å². The van der Waals surface area contributed by atoms with Gasteiger partial charge in [0.1, 0.15) is 6.54 Å². The summed E-state index contributed by atoms with van der Waals surface area (Å²) in [6.45, 7) is 0.552. The Morgan fingerprint density at radius 3 is 2.58 bits per heavy atom. The third-order valence-corrected chi connectivity index (χ3v) is 4.28. The predicted molar refractivity (Wildman–Crippen MR) is 89.5 cm³/mol. The van der Waals surface area contributed by atoms with E-state index in [-0.39, 0.29) is 24.2 Å². The SMILES string of the molecule is O=C(Cn1nc2ccccn2c1=O)N(Cc1ccccc1)C1CC1. The Hall–Kier alpha value is -2.89. The zero-order valence-electron chi connectivity index (χ0n) is 13.2. The maximum absolute atomic E-state index is 12.7. The summed E-state index contributed by atoms with van der Waals surface area (Å²) < 4.78 is 2.70. The summed E-state index contributed by atoms with van der Waals surface area (Å²) in [4.78, 5) is 26.9. The molecular weight excluding hydrogens is 304 g/mol. The minimum absolute atomic E-state index is 0.0240. The van der Waals surface area contributed by atoms with Gasteiger partial charge >= 0.3 is 5.69 Å². The van der Waals surface area contributed by atoms with Crippen LogP contribution in [0.2, 0.25) is 0 Å². The highest BCUT2D eigenvalue weighted by atomic mass is 16.2. The van der Waals surface area contributed by atoms with Crippen molar-refractivity contribution in [3.63, 3.8) is 0 Å². The van der Waals surface area contributed by atoms with E-state index in [0.29, 0.717) is 12.2 Å². The summed E-state index contributed by atoms with van der Waals surface area (Å²) in [6, 6.07) is 15.6. The molecule has 2 heterocycles. The van der Waals surface area contributed by atoms with Gasteiger partial charge in [0, 0.05) is 18.8 Å². The van der Waals surface area contributed by atoms with Gasteiger partial charge in [0.15, 0.2) is 5.65 Å².